The molecule has 0 fully saturated rings. The molecule has 1 rings (SSSR count). The van der Waals surface area contributed by atoms with Gasteiger partial charge in [-0.25, -0.2) is 9.18 Å². The molecule has 2 atom stereocenters. The molecule has 82 valence electrons. The number of rotatable bonds is 4. The van der Waals surface area contributed by atoms with Gasteiger partial charge in [0.05, 0.1) is 0 Å². The quantitative estimate of drug-likeness (QED) is 0.664. The number of benzene rings is 1. The first-order valence-electron chi connectivity index (χ1n) is 4.41. The molecule has 15 heavy (non-hydrogen) atoms. The molecule has 0 aromatic heterocycles. The fraction of sp³-hybridized carbons (Fsp3) is 0.300. The number of carbonyl (C=O) groups is 1. The van der Waals surface area contributed by atoms with E-state index in [1.54, 1.807) is 6.07 Å². The Morgan fingerprint density at radius 1 is 1.53 bits per heavy atom. The Morgan fingerprint density at radius 2 is 2.20 bits per heavy atom. The lowest BCUT2D eigenvalue weighted by molar-refractivity contribution is -0.147. The van der Waals surface area contributed by atoms with Gasteiger partial charge < -0.3 is 15.9 Å². The minimum Gasteiger partial charge on any atom is -0.479 e. The van der Waals surface area contributed by atoms with E-state index < -0.39 is 23.9 Å². The minimum atomic E-state index is -1.63. The number of halogens is 1. The van der Waals surface area contributed by atoms with Gasteiger partial charge in [-0.2, -0.15) is 0 Å². The number of carboxylic acids is 1. The first-order chi connectivity index (χ1) is 7.00. The Kier molecular flexibility index (Phi) is 3.76. The van der Waals surface area contributed by atoms with Crippen molar-refractivity contribution in [2.45, 2.75) is 18.6 Å². The van der Waals surface area contributed by atoms with Crippen molar-refractivity contribution in [3.63, 3.8) is 0 Å². The van der Waals surface area contributed by atoms with Crippen LogP contribution in [0.5, 0.6) is 0 Å². The van der Waals surface area contributed by atoms with E-state index in [4.69, 9.17) is 15.9 Å². The number of nitrogens with two attached hydrogens (primary N) is 1. The highest BCUT2D eigenvalue weighted by molar-refractivity contribution is 5.72. The van der Waals surface area contributed by atoms with Crippen molar-refractivity contribution >= 4 is 5.97 Å². The first-order valence-corrected chi connectivity index (χ1v) is 4.41. The number of aliphatic hydroxyl groups is 1. The van der Waals surface area contributed by atoms with Gasteiger partial charge in [-0.15, -0.1) is 0 Å². The molecule has 0 aliphatic rings. The highest BCUT2D eigenvalue weighted by atomic mass is 19.1. The molecule has 0 unspecified atom stereocenters. The molecule has 0 amide bonds. The Morgan fingerprint density at radius 3 is 2.73 bits per heavy atom. The van der Waals surface area contributed by atoms with Crippen molar-refractivity contribution in [2.24, 2.45) is 5.73 Å². The van der Waals surface area contributed by atoms with Crippen LogP contribution >= 0.6 is 0 Å². The summed E-state index contributed by atoms with van der Waals surface area (Å²) in [5.74, 6) is -1.79. The molecular formula is C10H12FNO3. The molecule has 4 N–H and O–H groups in total. The molecule has 0 bridgehead atoms. The predicted octanol–water partition coefficient (Wildman–Crippen LogP) is 0.141. The van der Waals surface area contributed by atoms with E-state index in [9.17, 15) is 9.18 Å². The van der Waals surface area contributed by atoms with Crippen molar-refractivity contribution < 1.29 is 19.4 Å². The Labute approximate surface area is 86.1 Å². The molecule has 0 heterocycles. The average Bonchev–Trinajstić information content (AvgIpc) is 2.16. The zero-order valence-electron chi connectivity index (χ0n) is 7.93. The van der Waals surface area contributed by atoms with Gasteiger partial charge in [-0.3, -0.25) is 0 Å². The summed E-state index contributed by atoms with van der Waals surface area (Å²) in [5.41, 5.74) is 6.01. The lowest BCUT2D eigenvalue weighted by atomic mass is 10.0. The van der Waals surface area contributed by atoms with Gasteiger partial charge in [0.25, 0.3) is 0 Å². The Bertz CT molecular complexity index is 356. The lowest BCUT2D eigenvalue weighted by Gasteiger charge is -2.14. The fourth-order valence-electron chi connectivity index (χ4n) is 1.23. The van der Waals surface area contributed by atoms with Crippen LogP contribution in [-0.2, 0) is 11.2 Å². The standard InChI is InChI=1S/C10H12FNO3/c11-7-3-1-2-6(4-7)5-8(12)9(13)10(14)15/h1-4,8-9,13H,5,12H2,(H,14,15)/t8-,9+/m0/s1. The maximum atomic E-state index is 12.8. The third-order valence-corrected chi connectivity index (χ3v) is 2.02. The molecule has 0 spiro atoms. The third-order valence-electron chi connectivity index (χ3n) is 2.02. The topological polar surface area (TPSA) is 83.5 Å². The second-order valence-corrected chi connectivity index (χ2v) is 3.28. The second kappa shape index (κ2) is 4.86. The predicted molar refractivity (Wildman–Crippen MR) is 51.7 cm³/mol. The zero-order valence-corrected chi connectivity index (χ0v) is 7.93. The lowest BCUT2D eigenvalue weighted by Crippen LogP contribution is -2.41. The van der Waals surface area contributed by atoms with Crippen LogP contribution in [0.15, 0.2) is 24.3 Å². The molecule has 0 aliphatic carbocycles. The van der Waals surface area contributed by atoms with Gasteiger partial charge in [0, 0.05) is 6.04 Å². The van der Waals surface area contributed by atoms with E-state index in [1.807, 2.05) is 0 Å². The average molecular weight is 213 g/mol. The highest BCUT2D eigenvalue weighted by Gasteiger charge is 2.22. The number of aliphatic hydroxyl groups excluding tert-OH is 1. The van der Waals surface area contributed by atoms with Crippen molar-refractivity contribution in [3.05, 3.63) is 35.6 Å². The largest absolute Gasteiger partial charge is 0.479 e. The van der Waals surface area contributed by atoms with Gasteiger partial charge in [0.2, 0.25) is 0 Å². The molecule has 0 radical (unpaired) electrons. The summed E-state index contributed by atoms with van der Waals surface area (Å²) in [7, 11) is 0. The summed E-state index contributed by atoms with van der Waals surface area (Å²) in [4.78, 5) is 10.4. The minimum absolute atomic E-state index is 0.116. The highest BCUT2D eigenvalue weighted by Crippen LogP contribution is 2.07. The molecule has 1 aromatic carbocycles. The molecule has 5 heteroatoms. The van der Waals surface area contributed by atoms with Gasteiger partial charge in [-0.1, -0.05) is 12.1 Å². The van der Waals surface area contributed by atoms with Gasteiger partial charge in [0.1, 0.15) is 5.82 Å². The van der Waals surface area contributed by atoms with Crippen molar-refractivity contribution in [2.75, 3.05) is 0 Å². The summed E-state index contributed by atoms with van der Waals surface area (Å²) in [6.45, 7) is 0. The van der Waals surface area contributed by atoms with Crippen LogP contribution in [-0.4, -0.2) is 28.3 Å². The van der Waals surface area contributed by atoms with E-state index in [0.717, 1.165) is 0 Å². The van der Waals surface area contributed by atoms with Crippen LogP contribution in [0.25, 0.3) is 0 Å². The zero-order chi connectivity index (χ0) is 11.4. The fourth-order valence-corrected chi connectivity index (χ4v) is 1.23. The molecular weight excluding hydrogens is 201 g/mol. The molecule has 1 aromatic rings. The number of aliphatic carboxylic acids is 1. The SMILES string of the molecule is N[C@@H](Cc1cccc(F)c1)[C@@H](O)C(=O)O. The van der Waals surface area contributed by atoms with Crippen molar-refractivity contribution in [1.29, 1.82) is 0 Å². The van der Waals surface area contributed by atoms with Crippen LogP contribution in [0.4, 0.5) is 4.39 Å². The van der Waals surface area contributed by atoms with Crippen LogP contribution < -0.4 is 5.73 Å². The summed E-state index contributed by atoms with van der Waals surface area (Å²) < 4.78 is 12.8. The van der Waals surface area contributed by atoms with Gasteiger partial charge in [-0.05, 0) is 24.1 Å². The molecule has 0 saturated heterocycles. The summed E-state index contributed by atoms with van der Waals surface area (Å²) in [6, 6.07) is 4.73. The van der Waals surface area contributed by atoms with Crippen molar-refractivity contribution in [1.82, 2.24) is 0 Å². The van der Waals surface area contributed by atoms with Crippen molar-refractivity contribution in [3.8, 4) is 0 Å². The van der Waals surface area contributed by atoms with Crippen LogP contribution in [0.2, 0.25) is 0 Å². The molecule has 0 aliphatic heterocycles. The van der Waals surface area contributed by atoms with Crippen LogP contribution in [0, 0.1) is 5.82 Å². The van der Waals surface area contributed by atoms with E-state index in [1.165, 1.54) is 18.2 Å². The number of hydrogen-bond donors (Lipinski definition) is 3. The number of carboxylic acid groups (broad SMARTS) is 1. The molecule has 4 nitrogen and oxygen atoms in total. The van der Waals surface area contributed by atoms with Gasteiger partial charge in [0.15, 0.2) is 6.10 Å². The summed E-state index contributed by atoms with van der Waals surface area (Å²) in [6.07, 6.45) is -1.51. The van der Waals surface area contributed by atoms with Gasteiger partial charge >= 0.3 is 5.97 Å². The van der Waals surface area contributed by atoms with Crippen LogP contribution in [0.1, 0.15) is 5.56 Å². The van der Waals surface area contributed by atoms with E-state index in [2.05, 4.69) is 0 Å². The van der Waals surface area contributed by atoms with E-state index in [-0.39, 0.29) is 6.42 Å². The Balaban J connectivity index is 2.66. The van der Waals surface area contributed by atoms with E-state index in [0.29, 0.717) is 5.56 Å². The summed E-state index contributed by atoms with van der Waals surface area (Å²) in [5, 5.41) is 17.6. The molecule has 0 saturated carbocycles. The second-order valence-electron chi connectivity index (χ2n) is 3.28. The maximum Gasteiger partial charge on any atom is 0.334 e. The normalized spacial score (nSPS) is 14.6. The van der Waals surface area contributed by atoms with Crippen LogP contribution in [0.3, 0.4) is 0 Å². The van der Waals surface area contributed by atoms with E-state index >= 15 is 0 Å². The first kappa shape index (κ1) is 11.6. The third kappa shape index (κ3) is 3.30. The Hall–Kier alpha value is -1.46. The maximum absolute atomic E-state index is 12.8. The number of hydrogen-bond acceptors (Lipinski definition) is 3. The smallest absolute Gasteiger partial charge is 0.334 e. The monoisotopic (exact) mass is 213 g/mol. The summed E-state index contributed by atoms with van der Waals surface area (Å²) >= 11 is 0.